The van der Waals surface area contributed by atoms with Gasteiger partial charge in [0.1, 0.15) is 27.7 Å². The van der Waals surface area contributed by atoms with E-state index in [4.69, 9.17) is 0 Å². The summed E-state index contributed by atoms with van der Waals surface area (Å²) in [6.07, 6.45) is 1.66. The summed E-state index contributed by atoms with van der Waals surface area (Å²) in [6.45, 7) is 1.42. The van der Waals surface area contributed by atoms with E-state index in [1.54, 1.807) is 25.3 Å². The van der Waals surface area contributed by atoms with Crippen molar-refractivity contribution in [1.82, 2.24) is 14.5 Å². The maximum atomic E-state index is 13.7. The Bertz CT molecular complexity index is 1210. The summed E-state index contributed by atoms with van der Waals surface area (Å²) >= 11 is 1.25. The number of carbonyl (C=O) groups excluding carboxylic acids is 1. The van der Waals surface area contributed by atoms with Crippen molar-refractivity contribution >= 4 is 43.4 Å². The lowest BCUT2D eigenvalue weighted by molar-refractivity contribution is -0.116. The number of pyridine rings is 1. The minimum Gasteiger partial charge on any atom is -0.322 e. The highest BCUT2D eigenvalue weighted by Gasteiger charge is 2.16. The molecule has 1 N–H and O–H groups in total. The van der Waals surface area contributed by atoms with Crippen LogP contribution < -0.4 is 10.9 Å². The first kappa shape index (κ1) is 16.3. The van der Waals surface area contributed by atoms with Crippen LogP contribution in [0.4, 0.5) is 10.1 Å². The lowest BCUT2D eigenvalue weighted by Crippen LogP contribution is -2.29. The summed E-state index contributed by atoms with van der Waals surface area (Å²) in [6, 6.07) is 9.52. The van der Waals surface area contributed by atoms with Crippen molar-refractivity contribution in [1.29, 1.82) is 0 Å². The number of amides is 1. The summed E-state index contributed by atoms with van der Waals surface area (Å²) < 4.78 is 15.4. The van der Waals surface area contributed by atoms with E-state index in [1.807, 2.05) is 6.07 Å². The van der Waals surface area contributed by atoms with Gasteiger partial charge in [0, 0.05) is 11.6 Å². The molecule has 0 saturated heterocycles. The van der Waals surface area contributed by atoms with E-state index < -0.39 is 11.7 Å². The van der Waals surface area contributed by atoms with E-state index in [2.05, 4.69) is 15.3 Å². The van der Waals surface area contributed by atoms with Gasteiger partial charge in [-0.2, -0.15) is 0 Å². The summed E-state index contributed by atoms with van der Waals surface area (Å²) in [4.78, 5) is 34.6. The highest BCUT2D eigenvalue weighted by atomic mass is 32.1. The lowest BCUT2D eigenvalue weighted by Gasteiger charge is -2.10. The zero-order valence-electron chi connectivity index (χ0n) is 13.7. The molecule has 130 valence electrons. The van der Waals surface area contributed by atoms with Crippen LogP contribution in [-0.4, -0.2) is 20.4 Å². The monoisotopic (exact) mass is 368 g/mol. The molecule has 0 atom stereocenters. The number of aryl methyl sites for hydroxylation is 1. The highest BCUT2D eigenvalue weighted by molar-refractivity contribution is 7.25. The topological polar surface area (TPSA) is 76.9 Å². The maximum absolute atomic E-state index is 13.7. The number of rotatable bonds is 3. The van der Waals surface area contributed by atoms with Gasteiger partial charge in [-0.1, -0.05) is 12.1 Å². The third-order valence-electron chi connectivity index (χ3n) is 3.99. The molecule has 0 radical (unpaired) electrons. The molecule has 0 bridgehead atoms. The van der Waals surface area contributed by atoms with Gasteiger partial charge in [-0.05, 0) is 31.2 Å². The number of anilines is 1. The van der Waals surface area contributed by atoms with Gasteiger partial charge in [0.25, 0.3) is 5.56 Å². The number of para-hydroxylation sites is 1. The van der Waals surface area contributed by atoms with Crippen LogP contribution in [0.3, 0.4) is 0 Å². The number of nitrogens with one attached hydrogen (secondary N) is 1. The number of hydrogen-bond donors (Lipinski definition) is 1. The molecule has 1 aromatic carbocycles. The van der Waals surface area contributed by atoms with Crippen molar-refractivity contribution in [3.63, 3.8) is 0 Å². The third kappa shape index (κ3) is 2.74. The van der Waals surface area contributed by atoms with E-state index in [-0.39, 0.29) is 17.8 Å². The molecule has 0 aliphatic rings. The van der Waals surface area contributed by atoms with Gasteiger partial charge in [0.05, 0.1) is 11.2 Å². The van der Waals surface area contributed by atoms with Gasteiger partial charge in [-0.3, -0.25) is 14.2 Å². The van der Waals surface area contributed by atoms with Crippen LogP contribution >= 0.6 is 11.3 Å². The second-order valence-corrected chi connectivity index (χ2v) is 6.71. The van der Waals surface area contributed by atoms with E-state index in [1.165, 1.54) is 34.1 Å². The van der Waals surface area contributed by atoms with Gasteiger partial charge >= 0.3 is 0 Å². The quantitative estimate of drug-likeness (QED) is 0.603. The Morgan fingerprint density at radius 1 is 1.27 bits per heavy atom. The predicted octanol–water partition coefficient (Wildman–Crippen LogP) is 3.09. The second-order valence-electron chi connectivity index (χ2n) is 5.71. The normalized spacial score (nSPS) is 11.2. The van der Waals surface area contributed by atoms with Crippen molar-refractivity contribution in [3.8, 4) is 0 Å². The maximum Gasteiger partial charge on any atom is 0.272 e. The van der Waals surface area contributed by atoms with E-state index in [0.717, 1.165) is 10.2 Å². The number of benzene rings is 1. The molecule has 0 unspecified atom stereocenters. The summed E-state index contributed by atoms with van der Waals surface area (Å²) in [5.74, 6) is -0.621. The van der Waals surface area contributed by atoms with Gasteiger partial charge in [0.15, 0.2) is 0 Å². The Labute approximate surface area is 150 Å². The van der Waals surface area contributed by atoms with E-state index >= 15 is 0 Å². The molecule has 6 nitrogen and oxygen atoms in total. The molecule has 0 fully saturated rings. The number of halogens is 1. The Morgan fingerprint density at radius 3 is 2.88 bits per heavy atom. The van der Waals surface area contributed by atoms with Crippen molar-refractivity contribution < 1.29 is 9.18 Å². The van der Waals surface area contributed by atoms with Crippen LogP contribution in [0.5, 0.6) is 0 Å². The zero-order chi connectivity index (χ0) is 18.3. The Kier molecular flexibility index (Phi) is 3.96. The first-order chi connectivity index (χ1) is 12.5. The standard InChI is InChI=1S/C18H13FN4O2S/c1-10-21-15-11-5-4-8-20-17(11)26-16(15)18(25)23(10)9-14(24)22-13-7-3-2-6-12(13)19/h2-8H,9H2,1H3,(H,22,24). The fraction of sp³-hybridized carbons (Fsp3) is 0.111. The molecule has 8 heteroatoms. The molecule has 3 heterocycles. The Morgan fingerprint density at radius 2 is 2.08 bits per heavy atom. The van der Waals surface area contributed by atoms with Gasteiger partial charge < -0.3 is 5.32 Å². The molecule has 0 aliphatic carbocycles. The van der Waals surface area contributed by atoms with Crippen molar-refractivity contribution in [2.24, 2.45) is 0 Å². The van der Waals surface area contributed by atoms with E-state index in [9.17, 15) is 14.0 Å². The van der Waals surface area contributed by atoms with Crippen LogP contribution in [-0.2, 0) is 11.3 Å². The molecule has 26 heavy (non-hydrogen) atoms. The molecule has 3 aromatic heterocycles. The minimum absolute atomic E-state index is 0.0725. The van der Waals surface area contributed by atoms with Crippen molar-refractivity contribution in [2.75, 3.05) is 5.32 Å². The molecular weight excluding hydrogens is 355 g/mol. The minimum atomic E-state index is -0.533. The van der Waals surface area contributed by atoms with Gasteiger partial charge in [-0.15, -0.1) is 11.3 Å². The number of fused-ring (bicyclic) bond motifs is 3. The predicted molar refractivity (Wildman–Crippen MR) is 98.9 cm³/mol. The van der Waals surface area contributed by atoms with Crippen molar-refractivity contribution in [2.45, 2.75) is 13.5 Å². The first-order valence-corrected chi connectivity index (χ1v) is 8.65. The molecule has 1 amide bonds. The second kappa shape index (κ2) is 6.30. The van der Waals surface area contributed by atoms with Crippen LogP contribution in [0.15, 0.2) is 47.4 Å². The molecular formula is C18H13FN4O2S. The largest absolute Gasteiger partial charge is 0.322 e. The molecule has 4 rings (SSSR count). The average molecular weight is 368 g/mol. The SMILES string of the molecule is Cc1nc2c(sc3ncccc32)c(=O)n1CC(=O)Nc1ccccc1F. The van der Waals surface area contributed by atoms with Gasteiger partial charge in [0.2, 0.25) is 5.91 Å². The fourth-order valence-corrected chi connectivity index (χ4v) is 3.78. The molecule has 0 aliphatic heterocycles. The zero-order valence-corrected chi connectivity index (χ0v) is 14.5. The highest BCUT2D eigenvalue weighted by Crippen LogP contribution is 2.28. The number of hydrogen-bond acceptors (Lipinski definition) is 5. The van der Waals surface area contributed by atoms with Crippen molar-refractivity contribution in [3.05, 3.63) is 64.6 Å². The third-order valence-corrected chi connectivity index (χ3v) is 5.08. The van der Waals surface area contributed by atoms with Crippen LogP contribution in [0, 0.1) is 12.7 Å². The number of carbonyl (C=O) groups is 1. The average Bonchev–Trinajstić information content (AvgIpc) is 2.99. The Hall–Kier alpha value is -3.13. The van der Waals surface area contributed by atoms with Gasteiger partial charge in [-0.25, -0.2) is 14.4 Å². The number of nitrogens with zero attached hydrogens (tertiary/aromatic N) is 3. The summed E-state index contributed by atoms with van der Waals surface area (Å²) in [7, 11) is 0. The Balaban J connectivity index is 1.72. The summed E-state index contributed by atoms with van der Waals surface area (Å²) in [5, 5.41) is 3.29. The smallest absolute Gasteiger partial charge is 0.272 e. The van der Waals surface area contributed by atoms with Crippen LogP contribution in [0.2, 0.25) is 0 Å². The molecule has 0 spiro atoms. The fourth-order valence-electron chi connectivity index (χ4n) is 2.75. The number of aromatic nitrogens is 3. The number of thiophene rings is 1. The molecule has 4 aromatic rings. The van der Waals surface area contributed by atoms with E-state index in [0.29, 0.717) is 16.0 Å². The lowest BCUT2D eigenvalue weighted by atomic mass is 10.3. The van der Waals surface area contributed by atoms with Crippen LogP contribution in [0.25, 0.3) is 20.4 Å². The molecule has 0 saturated carbocycles. The summed E-state index contributed by atoms with van der Waals surface area (Å²) in [5.41, 5.74) is 0.355. The van der Waals surface area contributed by atoms with Crippen LogP contribution in [0.1, 0.15) is 5.82 Å². The first-order valence-electron chi connectivity index (χ1n) is 7.83.